The standard InChI is InChI=1S/C15H16Cl3NO5/c1-9(19(2)14(23)24-8-15(16,17)18)7-10-3-5-11(6-4-10)12(20)13(21)22/h3-6,9H,7-8H2,1-2H3,(H,21,22). The van der Waals surface area contributed by atoms with E-state index in [2.05, 4.69) is 0 Å². The van der Waals surface area contributed by atoms with Gasteiger partial charge in [-0.05, 0) is 18.9 Å². The SMILES string of the molecule is CC(Cc1ccc(C(=O)C(=O)O)cc1)N(C)C(=O)OCC(Cl)(Cl)Cl. The zero-order valence-electron chi connectivity index (χ0n) is 13.0. The number of carbonyl (C=O) groups is 3. The molecule has 1 rings (SSSR count). The van der Waals surface area contributed by atoms with Crippen LogP contribution in [0.2, 0.25) is 0 Å². The van der Waals surface area contributed by atoms with E-state index in [9.17, 15) is 14.4 Å². The lowest BCUT2D eigenvalue weighted by Gasteiger charge is -2.25. The summed E-state index contributed by atoms with van der Waals surface area (Å²) >= 11 is 16.6. The Morgan fingerprint density at radius 1 is 1.21 bits per heavy atom. The molecule has 0 spiro atoms. The average molecular weight is 397 g/mol. The number of nitrogens with zero attached hydrogens (tertiary/aromatic N) is 1. The van der Waals surface area contributed by atoms with E-state index in [1.165, 1.54) is 17.0 Å². The molecular formula is C15H16Cl3NO5. The molecule has 1 N–H and O–H groups in total. The van der Waals surface area contributed by atoms with Crippen LogP contribution >= 0.6 is 34.8 Å². The van der Waals surface area contributed by atoms with Crippen molar-refractivity contribution in [1.29, 1.82) is 0 Å². The number of carbonyl (C=O) groups excluding carboxylic acids is 2. The smallest absolute Gasteiger partial charge is 0.409 e. The number of alkyl halides is 3. The molecule has 0 fully saturated rings. The van der Waals surface area contributed by atoms with Crippen LogP contribution in [0.15, 0.2) is 24.3 Å². The van der Waals surface area contributed by atoms with Crippen LogP contribution in [0, 0.1) is 0 Å². The predicted octanol–water partition coefficient (Wildman–Crippen LogP) is 3.32. The summed E-state index contributed by atoms with van der Waals surface area (Å²) in [4.78, 5) is 35.2. The number of likely N-dealkylation sites (N-methyl/N-ethyl adjacent to an activating group) is 1. The largest absolute Gasteiger partial charge is 0.475 e. The molecule has 1 aromatic carbocycles. The number of Topliss-reactive ketones (excluding diaryl/α,β-unsaturated/α-hetero) is 1. The first-order valence-electron chi connectivity index (χ1n) is 6.84. The highest BCUT2D eigenvalue weighted by molar-refractivity contribution is 6.67. The molecule has 0 saturated heterocycles. The van der Waals surface area contributed by atoms with E-state index in [0.29, 0.717) is 6.42 Å². The van der Waals surface area contributed by atoms with E-state index in [0.717, 1.165) is 5.56 Å². The Kier molecular flexibility index (Phi) is 7.32. The third-order valence-corrected chi connectivity index (χ3v) is 3.58. The third kappa shape index (κ3) is 6.55. The molecule has 0 radical (unpaired) electrons. The molecular weight excluding hydrogens is 381 g/mol. The fourth-order valence-electron chi connectivity index (χ4n) is 1.82. The molecule has 1 amide bonds. The summed E-state index contributed by atoms with van der Waals surface area (Å²) in [5.41, 5.74) is 0.916. The minimum absolute atomic E-state index is 0.0920. The van der Waals surface area contributed by atoms with Gasteiger partial charge in [-0.1, -0.05) is 59.1 Å². The molecule has 1 atom stereocenters. The van der Waals surface area contributed by atoms with Crippen LogP contribution in [-0.2, 0) is 16.0 Å². The summed E-state index contributed by atoms with van der Waals surface area (Å²) in [6.45, 7) is 1.44. The third-order valence-electron chi connectivity index (χ3n) is 3.25. The van der Waals surface area contributed by atoms with Crippen LogP contribution < -0.4 is 0 Å². The first-order valence-corrected chi connectivity index (χ1v) is 7.97. The Morgan fingerprint density at radius 2 is 1.75 bits per heavy atom. The van der Waals surface area contributed by atoms with Gasteiger partial charge in [-0.25, -0.2) is 9.59 Å². The normalized spacial score (nSPS) is 12.4. The van der Waals surface area contributed by atoms with Gasteiger partial charge in [0, 0.05) is 18.7 Å². The quantitative estimate of drug-likeness (QED) is 0.453. The van der Waals surface area contributed by atoms with Crippen molar-refractivity contribution in [2.75, 3.05) is 13.7 Å². The van der Waals surface area contributed by atoms with Gasteiger partial charge in [0.05, 0.1) is 0 Å². The summed E-state index contributed by atoms with van der Waals surface area (Å²) in [7, 11) is 1.55. The Labute approximate surface area is 154 Å². The van der Waals surface area contributed by atoms with Gasteiger partial charge < -0.3 is 14.7 Å². The number of carboxylic acid groups (broad SMARTS) is 1. The number of hydrogen-bond donors (Lipinski definition) is 1. The Balaban J connectivity index is 2.63. The summed E-state index contributed by atoms with van der Waals surface area (Å²) in [6.07, 6.45) is -0.160. The van der Waals surface area contributed by atoms with E-state index in [1.807, 2.05) is 0 Å². The number of aliphatic carboxylic acids is 1. The van der Waals surface area contributed by atoms with Crippen molar-refractivity contribution in [2.24, 2.45) is 0 Å². The van der Waals surface area contributed by atoms with Gasteiger partial charge in [-0.3, -0.25) is 4.79 Å². The molecule has 9 heteroatoms. The zero-order chi connectivity index (χ0) is 18.5. The van der Waals surface area contributed by atoms with Crippen molar-refractivity contribution in [2.45, 2.75) is 23.2 Å². The summed E-state index contributed by atoms with van der Waals surface area (Å²) in [6, 6.07) is 5.90. The van der Waals surface area contributed by atoms with Crippen molar-refractivity contribution >= 4 is 52.6 Å². The molecule has 1 aromatic rings. The van der Waals surface area contributed by atoms with E-state index in [1.54, 1.807) is 26.1 Å². The topological polar surface area (TPSA) is 83.9 Å². The summed E-state index contributed by atoms with van der Waals surface area (Å²) in [5.74, 6) is -2.48. The molecule has 0 aromatic heterocycles. The molecule has 0 aliphatic heterocycles. The second-order valence-corrected chi connectivity index (χ2v) is 7.68. The number of carboxylic acids is 1. The van der Waals surface area contributed by atoms with Crippen molar-refractivity contribution < 1.29 is 24.2 Å². The minimum Gasteiger partial charge on any atom is -0.475 e. The molecule has 6 nitrogen and oxygen atoms in total. The van der Waals surface area contributed by atoms with E-state index in [-0.39, 0.29) is 18.2 Å². The first kappa shape index (κ1) is 20.5. The van der Waals surface area contributed by atoms with Crippen molar-refractivity contribution in [3.05, 3.63) is 35.4 Å². The lowest BCUT2D eigenvalue weighted by atomic mass is 10.0. The number of ketones is 1. The van der Waals surface area contributed by atoms with E-state index in [4.69, 9.17) is 44.6 Å². The molecule has 132 valence electrons. The van der Waals surface area contributed by atoms with Crippen LogP contribution in [0.3, 0.4) is 0 Å². The number of rotatable bonds is 6. The van der Waals surface area contributed by atoms with E-state index >= 15 is 0 Å². The fourth-order valence-corrected chi connectivity index (χ4v) is 1.98. The molecule has 0 heterocycles. The van der Waals surface area contributed by atoms with Crippen LogP contribution in [0.4, 0.5) is 4.79 Å². The number of amides is 1. The number of ether oxygens (including phenoxy) is 1. The van der Waals surface area contributed by atoms with Crippen LogP contribution in [0.5, 0.6) is 0 Å². The molecule has 1 unspecified atom stereocenters. The summed E-state index contributed by atoms with van der Waals surface area (Å²) < 4.78 is 3.21. The highest BCUT2D eigenvalue weighted by Crippen LogP contribution is 2.26. The maximum Gasteiger partial charge on any atom is 0.409 e. The number of hydrogen-bond acceptors (Lipinski definition) is 4. The maximum atomic E-state index is 11.9. The average Bonchev–Trinajstić information content (AvgIpc) is 2.51. The Hall–Kier alpha value is -1.50. The number of halogens is 3. The molecule has 0 aliphatic rings. The second kappa shape index (κ2) is 8.55. The van der Waals surface area contributed by atoms with Crippen molar-refractivity contribution in [1.82, 2.24) is 4.90 Å². The number of benzene rings is 1. The van der Waals surface area contributed by atoms with Crippen molar-refractivity contribution in [3.63, 3.8) is 0 Å². The molecule has 0 saturated carbocycles. The minimum atomic E-state index is -1.67. The van der Waals surface area contributed by atoms with Gasteiger partial charge in [0.15, 0.2) is 0 Å². The lowest BCUT2D eigenvalue weighted by Crippen LogP contribution is -2.38. The second-order valence-electron chi connectivity index (χ2n) is 5.17. The molecule has 24 heavy (non-hydrogen) atoms. The Morgan fingerprint density at radius 3 is 2.21 bits per heavy atom. The Bertz CT molecular complexity index is 613. The van der Waals surface area contributed by atoms with E-state index < -0.39 is 21.6 Å². The fraction of sp³-hybridized carbons (Fsp3) is 0.400. The van der Waals surface area contributed by atoms with Crippen LogP contribution in [0.1, 0.15) is 22.8 Å². The zero-order valence-corrected chi connectivity index (χ0v) is 15.2. The van der Waals surface area contributed by atoms with Gasteiger partial charge >= 0.3 is 12.1 Å². The summed E-state index contributed by atoms with van der Waals surface area (Å²) in [5, 5.41) is 8.66. The monoisotopic (exact) mass is 395 g/mol. The van der Waals surface area contributed by atoms with Gasteiger partial charge in [-0.2, -0.15) is 0 Å². The first-order chi connectivity index (χ1) is 11.0. The van der Waals surface area contributed by atoms with Gasteiger partial charge in [0.25, 0.3) is 5.78 Å². The molecule has 0 bridgehead atoms. The van der Waals surface area contributed by atoms with Gasteiger partial charge in [0.2, 0.25) is 3.79 Å². The lowest BCUT2D eigenvalue weighted by molar-refractivity contribution is -0.131. The van der Waals surface area contributed by atoms with Crippen molar-refractivity contribution in [3.8, 4) is 0 Å². The maximum absolute atomic E-state index is 11.9. The highest BCUT2D eigenvalue weighted by atomic mass is 35.6. The predicted molar refractivity (Wildman–Crippen MR) is 91.0 cm³/mol. The van der Waals surface area contributed by atoms with Gasteiger partial charge in [0.1, 0.15) is 6.61 Å². The van der Waals surface area contributed by atoms with Gasteiger partial charge in [-0.15, -0.1) is 0 Å². The molecule has 0 aliphatic carbocycles. The van der Waals surface area contributed by atoms with Crippen LogP contribution in [0.25, 0.3) is 0 Å². The highest BCUT2D eigenvalue weighted by Gasteiger charge is 2.25. The van der Waals surface area contributed by atoms with Crippen LogP contribution in [-0.4, -0.2) is 51.3 Å².